The first kappa shape index (κ1) is 40.0. The summed E-state index contributed by atoms with van der Waals surface area (Å²) in [6, 6.07) is 66.2. The molecule has 306 valence electrons. The van der Waals surface area contributed by atoms with Gasteiger partial charge in [0.2, 0.25) is 13.4 Å². The van der Waals surface area contributed by atoms with Crippen LogP contribution >= 0.6 is 23.5 Å². The Morgan fingerprint density at radius 2 is 0.937 bits per heavy atom. The molecule has 3 heterocycles. The normalized spacial score (nSPS) is 13.4. The van der Waals surface area contributed by atoms with E-state index >= 15 is 0 Å². The first-order valence-electron chi connectivity index (χ1n) is 22.6. The molecule has 0 radical (unpaired) electrons. The van der Waals surface area contributed by atoms with E-state index in [0.717, 1.165) is 11.4 Å². The minimum absolute atomic E-state index is 0.0646. The third kappa shape index (κ3) is 6.76. The van der Waals surface area contributed by atoms with Gasteiger partial charge in [-0.05, 0) is 118 Å². The fourth-order valence-electron chi connectivity index (χ4n) is 10.4. The average Bonchev–Trinajstić information content (AvgIpc) is 3.30. The Morgan fingerprint density at radius 3 is 1.56 bits per heavy atom. The smallest absolute Gasteiger partial charge is 0.249 e. The SMILES string of the molecule is CC(C)c1cc(C(C)C)c(B2c3ccc(N(c4ccccc4)c4ccccc4)cc3Sc3cc4c(cc32)B2c3ccccc3N(c3ccccc3)c3cccc(c32)S4)c(C(C)C)c1. The summed E-state index contributed by atoms with van der Waals surface area (Å²) >= 11 is 3.90. The Morgan fingerprint density at radius 1 is 0.397 bits per heavy atom. The first-order chi connectivity index (χ1) is 30.7. The largest absolute Gasteiger partial charge is 0.311 e. The molecule has 8 aromatic carbocycles. The lowest BCUT2D eigenvalue weighted by Gasteiger charge is -2.41. The monoisotopic (exact) mass is 848 g/mol. The van der Waals surface area contributed by atoms with Crippen LogP contribution in [0.25, 0.3) is 0 Å². The Hall–Kier alpha value is -5.81. The molecular weight excluding hydrogens is 798 g/mol. The quantitative estimate of drug-likeness (QED) is 0.141. The van der Waals surface area contributed by atoms with Crippen molar-refractivity contribution < 1.29 is 0 Å². The molecule has 0 N–H and O–H groups in total. The van der Waals surface area contributed by atoms with E-state index in [4.69, 9.17) is 0 Å². The van der Waals surface area contributed by atoms with Crippen LogP contribution in [-0.2, 0) is 0 Å². The fraction of sp³-hybridized carbons (Fsp3) is 0.158. The van der Waals surface area contributed by atoms with Crippen LogP contribution in [0.15, 0.2) is 196 Å². The summed E-state index contributed by atoms with van der Waals surface area (Å²) in [7, 11) is 0. The second-order valence-electron chi connectivity index (χ2n) is 18.2. The molecule has 8 aromatic rings. The minimum atomic E-state index is 0.0646. The topological polar surface area (TPSA) is 6.48 Å². The highest BCUT2D eigenvalue weighted by atomic mass is 32.2. The second kappa shape index (κ2) is 16.1. The number of fused-ring (bicyclic) bond motifs is 6. The average molecular weight is 849 g/mol. The lowest BCUT2D eigenvalue weighted by molar-refractivity contribution is 0.812. The first-order valence-corrected chi connectivity index (χ1v) is 24.2. The van der Waals surface area contributed by atoms with Gasteiger partial charge in [0.15, 0.2) is 0 Å². The van der Waals surface area contributed by atoms with Gasteiger partial charge in [-0.2, -0.15) is 0 Å². The van der Waals surface area contributed by atoms with E-state index in [9.17, 15) is 0 Å². The van der Waals surface area contributed by atoms with Gasteiger partial charge in [-0.15, -0.1) is 0 Å². The Balaban J connectivity index is 1.16. The van der Waals surface area contributed by atoms with Crippen LogP contribution < -0.4 is 42.6 Å². The summed E-state index contributed by atoms with van der Waals surface area (Å²) in [5.74, 6) is 1.17. The number of benzene rings is 8. The summed E-state index contributed by atoms with van der Waals surface area (Å²) in [5, 5.41) is 0. The van der Waals surface area contributed by atoms with Crippen LogP contribution in [0.4, 0.5) is 34.1 Å². The highest BCUT2D eigenvalue weighted by Crippen LogP contribution is 2.44. The van der Waals surface area contributed by atoms with Gasteiger partial charge < -0.3 is 9.80 Å². The molecule has 0 bridgehead atoms. The fourth-order valence-corrected chi connectivity index (χ4v) is 12.8. The van der Waals surface area contributed by atoms with Gasteiger partial charge in [0.1, 0.15) is 0 Å². The molecule has 0 atom stereocenters. The Bertz CT molecular complexity index is 2950. The molecule has 6 heteroatoms. The van der Waals surface area contributed by atoms with Gasteiger partial charge in [0.25, 0.3) is 0 Å². The number of rotatable bonds is 8. The maximum absolute atomic E-state index is 2.65. The third-order valence-electron chi connectivity index (χ3n) is 13.3. The van der Waals surface area contributed by atoms with Crippen LogP contribution in [-0.4, -0.2) is 13.4 Å². The van der Waals surface area contributed by atoms with Gasteiger partial charge in [0, 0.05) is 53.7 Å². The maximum Gasteiger partial charge on any atom is 0.249 e. The molecule has 11 rings (SSSR count). The molecule has 3 aliphatic heterocycles. The van der Waals surface area contributed by atoms with Crippen molar-refractivity contribution in [2.24, 2.45) is 0 Å². The zero-order valence-electron chi connectivity index (χ0n) is 36.8. The molecule has 63 heavy (non-hydrogen) atoms. The zero-order chi connectivity index (χ0) is 42.9. The molecule has 0 aliphatic carbocycles. The van der Waals surface area contributed by atoms with E-state index in [1.165, 1.54) is 91.8 Å². The van der Waals surface area contributed by atoms with E-state index in [1.807, 2.05) is 23.5 Å². The van der Waals surface area contributed by atoms with Crippen LogP contribution in [0.5, 0.6) is 0 Å². The van der Waals surface area contributed by atoms with Crippen molar-refractivity contribution in [3.8, 4) is 0 Å². The lowest BCUT2D eigenvalue weighted by atomic mass is 9.31. The van der Waals surface area contributed by atoms with E-state index in [0.29, 0.717) is 17.8 Å². The molecule has 2 nitrogen and oxygen atoms in total. The van der Waals surface area contributed by atoms with Crippen molar-refractivity contribution in [2.45, 2.75) is 78.9 Å². The summed E-state index contributed by atoms with van der Waals surface area (Å²) < 4.78 is 0. The van der Waals surface area contributed by atoms with Crippen LogP contribution in [0, 0.1) is 0 Å². The predicted octanol–water partition coefficient (Wildman–Crippen LogP) is 12.3. The molecule has 0 amide bonds. The predicted molar refractivity (Wildman–Crippen MR) is 275 cm³/mol. The molecule has 0 spiro atoms. The number of nitrogens with zero attached hydrogens (tertiary/aromatic N) is 2. The molecular formula is C57H50B2N2S2. The van der Waals surface area contributed by atoms with E-state index < -0.39 is 0 Å². The maximum atomic E-state index is 2.65. The lowest BCUT2D eigenvalue weighted by Crippen LogP contribution is -2.63. The summed E-state index contributed by atoms with van der Waals surface area (Å²) in [5.41, 5.74) is 20.1. The number of anilines is 6. The molecule has 3 aliphatic rings. The van der Waals surface area contributed by atoms with Crippen LogP contribution in [0.1, 0.15) is 76.0 Å². The minimum Gasteiger partial charge on any atom is -0.311 e. The molecule has 0 saturated carbocycles. The van der Waals surface area contributed by atoms with Crippen molar-refractivity contribution in [1.29, 1.82) is 0 Å². The van der Waals surface area contributed by atoms with Crippen molar-refractivity contribution in [3.63, 3.8) is 0 Å². The molecule has 0 aromatic heterocycles. The molecule has 0 fully saturated rings. The van der Waals surface area contributed by atoms with Crippen LogP contribution in [0.3, 0.4) is 0 Å². The summed E-state index contributed by atoms with van der Waals surface area (Å²) in [6.07, 6.45) is 0. The second-order valence-corrected chi connectivity index (χ2v) is 20.4. The number of hydrogen-bond donors (Lipinski definition) is 0. The number of para-hydroxylation sites is 4. The van der Waals surface area contributed by atoms with Crippen molar-refractivity contribution in [2.75, 3.05) is 9.80 Å². The highest BCUT2D eigenvalue weighted by Gasteiger charge is 2.43. The van der Waals surface area contributed by atoms with Gasteiger partial charge in [-0.1, -0.05) is 190 Å². The van der Waals surface area contributed by atoms with E-state index in [2.05, 4.69) is 227 Å². The standard InChI is InChI=1S/C57H50B2N2S2/c1-36(2)39-31-44(37(3)4)56(45(32-39)38(5)6)59-47-30-29-43(60(40-19-10-7-11-20-40)41-21-12-8-13-22-41)33-53(47)63-55-35-54-48(34-49(55)59)58-46-25-16-17-26-50(46)61(42-23-14-9-15-24-42)51-27-18-28-52(62-54)57(51)58/h7-38H,1-6H3. The van der Waals surface area contributed by atoms with E-state index in [1.54, 1.807) is 0 Å². The zero-order valence-corrected chi connectivity index (χ0v) is 38.5. The van der Waals surface area contributed by atoms with E-state index in [-0.39, 0.29) is 13.4 Å². The summed E-state index contributed by atoms with van der Waals surface area (Å²) in [6.45, 7) is 14.4. The molecule has 0 saturated heterocycles. The summed E-state index contributed by atoms with van der Waals surface area (Å²) in [4.78, 5) is 10.3. The van der Waals surface area contributed by atoms with Crippen molar-refractivity contribution in [1.82, 2.24) is 0 Å². The molecule has 0 unspecified atom stereocenters. The van der Waals surface area contributed by atoms with Crippen molar-refractivity contribution >= 4 is 104 Å². The van der Waals surface area contributed by atoms with Gasteiger partial charge >= 0.3 is 0 Å². The number of hydrogen-bond acceptors (Lipinski definition) is 4. The highest BCUT2D eigenvalue weighted by molar-refractivity contribution is 8.01. The third-order valence-corrected chi connectivity index (χ3v) is 15.6. The van der Waals surface area contributed by atoms with Gasteiger partial charge in [-0.25, -0.2) is 0 Å². The Labute approximate surface area is 383 Å². The van der Waals surface area contributed by atoms with Crippen molar-refractivity contribution in [3.05, 3.63) is 193 Å². The van der Waals surface area contributed by atoms with Gasteiger partial charge in [0.05, 0.1) is 0 Å². The Kier molecular flexibility index (Phi) is 10.2. The van der Waals surface area contributed by atoms with Crippen LogP contribution in [0.2, 0.25) is 0 Å². The van der Waals surface area contributed by atoms with Gasteiger partial charge in [-0.3, -0.25) is 0 Å².